The fraction of sp³-hybridized carbons (Fsp3) is 0.350. The van der Waals surface area contributed by atoms with Crippen LogP contribution in [0.3, 0.4) is 0 Å². The first-order valence-corrected chi connectivity index (χ1v) is 9.21. The predicted molar refractivity (Wildman–Crippen MR) is 105 cm³/mol. The number of carbonyl (C=O) groups is 1. The lowest BCUT2D eigenvalue weighted by atomic mass is 10.1. The summed E-state index contributed by atoms with van der Waals surface area (Å²) in [6.45, 7) is 1.62. The first kappa shape index (κ1) is 18.1. The van der Waals surface area contributed by atoms with Crippen molar-refractivity contribution in [1.82, 2.24) is 14.5 Å². The van der Waals surface area contributed by atoms with Gasteiger partial charge in [-0.25, -0.2) is 14.8 Å². The number of hydrogen-bond acceptors (Lipinski definition) is 6. The van der Waals surface area contributed by atoms with Crippen LogP contribution in [-0.4, -0.2) is 52.9 Å². The normalized spacial score (nSPS) is 14.3. The quantitative estimate of drug-likeness (QED) is 0.725. The fourth-order valence-corrected chi connectivity index (χ4v) is 3.60. The summed E-state index contributed by atoms with van der Waals surface area (Å²) in [6.07, 6.45) is 4.91. The van der Waals surface area contributed by atoms with Crippen LogP contribution in [0.4, 0.5) is 5.82 Å². The molecule has 0 spiro atoms. The van der Waals surface area contributed by atoms with Crippen molar-refractivity contribution in [2.24, 2.45) is 0 Å². The molecule has 0 amide bonds. The van der Waals surface area contributed by atoms with Crippen LogP contribution >= 0.6 is 0 Å². The first-order valence-electron chi connectivity index (χ1n) is 9.21. The van der Waals surface area contributed by atoms with Gasteiger partial charge in [0.1, 0.15) is 23.5 Å². The van der Waals surface area contributed by atoms with E-state index in [4.69, 9.17) is 14.5 Å². The molecule has 0 saturated carbocycles. The highest BCUT2D eigenvalue weighted by atomic mass is 16.5. The zero-order valence-electron chi connectivity index (χ0n) is 15.9. The molecule has 0 radical (unpaired) electrons. The third kappa shape index (κ3) is 3.11. The number of aromatic nitrogens is 3. The Kier molecular flexibility index (Phi) is 4.77. The van der Waals surface area contributed by atoms with Crippen LogP contribution < -0.4 is 14.4 Å². The van der Waals surface area contributed by atoms with Gasteiger partial charge in [-0.05, 0) is 31.4 Å². The molecular formula is C20H22N4O4. The van der Waals surface area contributed by atoms with Crippen LogP contribution in [0.15, 0.2) is 30.6 Å². The molecule has 1 aliphatic rings. The van der Waals surface area contributed by atoms with E-state index in [1.54, 1.807) is 32.7 Å². The Morgan fingerprint density at radius 3 is 2.46 bits per heavy atom. The molecule has 4 rings (SSSR count). The molecule has 28 heavy (non-hydrogen) atoms. The molecule has 8 nitrogen and oxygen atoms in total. The van der Waals surface area contributed by atoms with E-state index in [9.17, 15) is 9.90 Å². The Labute approximate surface area is 162 Å². The highest BCUT2D eigenvalue weighted by Gasteiger charge is 2.21. The molecule has 1 N–H and O–H groups in total. The monoisotopic (exact) mass is 382 g/mol. The minimum atomic E-state index is -0.971. The number of imidazole rings is 1. The van der Waals surface area contributed by atoms with Gasteiger partial charge in [0.05, 0.1) is 25.3 Å². The molecule has 3 aromatic rings. The molecule has 8 heteroatoms. The van der Waals surface area contributed by atoms with Gasteiger partial charge in [-0.3, -0.25) is 4.57 Å². The second kappa shape index (κ2) is 7.38. The van der Waals surface area contributed by atoms with E-state index >= 15 is 0 Å². The van der Waals surface area contributed by atoms with Crippen LogP contribution in [0.25, 0.3) is 16.9 Å². The molecule has 1 saturated heterocycles. The summed E-state index contributed by atoms with van der Waals surface area (Å²) < 4.78 is 12.6. The average Bonchev–Trinajstić information content (AvgIpc) is 3.15. The van der Waals surface area contributed by atoms with Crippen LogP contribution in [0.2, 0.25) is 0 Å². The summed E-state index contributed by atoms with van der Waals surface area (Å²) in [5.41, 5.74) is 1.76. The Bertz CT molecular complexity index is 1020. The lowest BCUT2D eigenvalue weighted by molar-refractivity contribution is 0.0697. The number of methoxy groups -OCH3 is 2. The second-order valence-electron chi connectivity index (χ2n) is 6.70. The second-order valence-corrected chi connectivity index (χ2v) is 6.70. The van der Waals surface area contributed by atoms with Crippen molar-refractivity contribution >= 4 is 22.8 Å². The Morgan fingerprint density at radius 1 is 1.07 bits per heavy atom. The molecule has 3 heterocycles. The molecule has 0 atom stereocenters. The molecule has 1 aromatic carbocycles. The van der Waals surface area contributed by atoms with Crippen LogP contribution in [0.5, 0.6) is 11.5 Å². The summed E-state index contributed by atoms with van der Waals surface area (Å²) in [5, 5.41) is 9.60. The third-order valence-electron chi connectivity index (χ3n) is 5.05. The summed E-state index contributed by atoms with van der Waals surface area (Å²) in [7, 11) is 3.16. The molecule has 0 unspecified atom stereocenters. The van der Waals surface area contributed by atoms with E-state index in [0.717, 1.165) is 43.4 Å². The standard InChI is InChI=1S/C20H22N4O4/c1-27-16-10-14-15(11-17(16)28-2)24(12-21-14)18-7-6-13(20(25)26)19(22-18)23-8-4-3-5-9-23/h6-7,10-12H,3-5,8-9H2,1-2H3,(H,25,26). The van der Waals surface area contributed by atoms with Crippen molar-refractivity contribution in [3.63, 3.8) is 0 Å². The molecule has 1 aliphatic heterocycles. The van der Waals surface area contributed by atoms with Gasteiger partial charge in [-0.1, -0.05) is 0 Å². The minimum Gasteiger partial charge on any atom is -0.493 e. The maximum absolute atomic E-state index is 11.7. The number of fused-ring (bicyclic) bond motifs is 1. The summed E-state index contributed by atoms with van der Waals surface area (Å²) >= 11 is 0. The summed E-state index contributed by atoms with van der Waals surface area (Å²) in [6, 6.07) is 6.96. The number of ether oxygens (including phenoxy) is 2. The number of piperidine rings is 1. The van der Waals surface area contributed by atoms with Crippen LogP contribution in [-0.2, 0) is 0 Å². The van der Waals surface area contributed by atoms with Gasteiger partial charge in [0, 0.05) is 25.2 Å². The van der Waals surface area contributed by atoms with Gasteiger partial charge in [-0.15, -0.1) is 0 Å². The number of anilines is 1. The van der Waals surface area contributed by atoms with E-state index < -0.39 is 5.97 Å². The fourth-order valence-electron chi connectivity index (χ4n) is 3.60. The third-order valence-corrected chi connectivity index (χ3v) is 5.05. The van der Waals surface area contributed by atoms with E-state index in [2.05, 4.69) is 9.88 Å². The number of rotatable bonds is 5. The molecular weight excluding hydrogens is 360 g/mol. The van der Waals surface area contributed by atoms with Crippen molar-refractivity contribution in [3.8, 4) is 17.3 Å². The van der Waals surface area contributed by atoms with Gasteiger partial charge in [-0.2, -0.15) is 0 Å². The van der Waals surface area contributed by atoms with Crippen molar-refractivity contribution in [3.05, 3.63) is 36.2 Å². The highest BCUT2D eigenvalue weighted by molar-refractivity contribution is 5.93. The number of carboxylic acid groups (broad SMARTS) is 1. The number of nitrogens with zero attached hydrogens (tertiary/aromatic N) is 4. The summed E-state index contributed by atoms with van der Waals surface area (Å²) in [4.78, 5) is 22.9. The maximum atomic E-state index is 11.7. The smallest absolute Gasteiger partial charge is 0.339 e. The van der Waals surface area contributed by atoms with Crippen LogP contribution in [0, 0.1) is 0 Å². The van der Waals surface area contributed by atoms with Gasteiger partial charge in [0.25, 0.3) is 0 Å². The number of benzene rings is 1. The molecule has 0 aliphatic carbocycles. The van der Waals surface area contributed by atoms with Gasteiger partial charge in [0.15, 0.2) is 11.5 Å². The molecule has 1 fully saturated rings. The van der Waals surface area contributed by atoms with Crippen molar-refractivity contribution in [2.75, 3.05) is 32.2 Å². The van der Waals surface area contributed by atoms with Crippen molar-refractivity contribution in [2.45, 2.75) is 19.3 Å². The van der Waals surface area contributed by atoms with Gasteiger partial charge < -0.3 is 19.5 Å². The van der Waals surface area contributed by atoms with E-state index in [1.165, 1.54) is 0 Å². The highest BCUT2D eigenvalue weighted by Crippen LogP contribution is 2.33. The lowest BCUT2D eigenvalue weighted by Gasteiger charge is -2.29. The zero-order chi connectivity index (χ0) is 19.7. The Balaban J connectivity index is 1.84. The number of pyridine rings is 1. The molecule has 146 valence electrons. The van der Waals surface area contributed by atoms with Gasteiger partial charge >= 0.3 is 5.97 Å². The molecule has 0 bridgehead atoms. The minimum absolute atomic E-state index is 0.217. The average molecular weight is 382 g/mol. The maximum Gasteiger partial charge on any atom is 0.339 e. The lowest BCUT2D eigenvalue weighted by Crippen LogP contribution is -2.32. The predicted octanol–water partition coefficient (Wildman–Crippen LogP) is 3.13. The van der Waals surface area contributed by atoms with Crippen LogP contribution in [0.1, 0.15) is 29.6 Å². The number of carboxylic acids is 1. The van der Waals surface area contributed by atoms with E-state index in [-0.39, 0.29) is 5.56 Å². The molecule has 2 aromatic heterocycles. The number of hydrogen-bond donors (Lipinski definition) is 1. The summed E-state index contributed by atoms with van der Waals surface area (Å²) in [5.74, 6) is 1.34. The number of aromatic carboxylic acids is 1. The Hall–Kier alpha value is -3.29. The van der Waals surface area contributed by atoms with E-state index in [1.807, 2.05) is 16.7 Å². The van der Waals surface area contributed by atoms with Gasteiger partial charge in [0.2, 0.25) is 0 Å². The first-order chi connectivity index (χ1) is 13.6. The van der Waals surface area contributed by atoms with E-state index in [0.29, 0.717) is 23.1 Å². The van der Waals surface area contributed by atoms with Crippen molar-refractivity contribution < 1.29 is 19.4 Å². The topological polar surface area (TPSA) is 89.7 Å². The SMILES string of the molecule is COc1cc2ncn(-c3ccc(C(=O)O)c(N4CCCCC4)n3)c2cc1OC. The van der Waals surface area contributed by atoms with Crippen molar-refractivity contribution in [1.29, 1.82) is 0 Å². The zero-order valence-corrected chi connectivity index (χ0v) is 15.9. The Morgan fingerprint density at radius 2 is 1.79 bits per heavy atom. The largest absolute Gasteiger partial charge is 0.493 e.